The molecule has 18 heavy (non-hydrogen) atoms. The highest BCUT2D eigenvalue weighted by molar-refractivity contribution is 7.91. The average molecular weight is 286 g/mol. The quantitative estimate of drug-likeness (QED) is 0.743. The van der Waals surface area contributed by atoms with Gasteiger partial charge in [-0.3, -0.25) is 4.79 Å². The van der Waals surface area contributed by atoms with Crippen LogP contribution in [0, 0.1) is 0 Å². The molecule has 0 saturated heterocycles. The van der Waals surface area contributed by atoms with Crippen molar-refractivity contribution in [3.8, 4) is 0 Å². The van der Waals surface area contributed by atoms with Crippen LogP contribution in [0.25, 0.3) is 0 Å². The van der Waals surface area contributed by atoms with Crippen molar-refractivity contribution in [2.75, 3.05) is 12.8 Å². The van der Waals surface area contributed by atoms with Crippen LogP contribution in [0.2, 0.25) is 0 Å². The summed E-state index contributed by atoms with van der Waals surface area (Å²) in [7, 11) is -2.06. The number of nitrogens with two attached hydrogens (primary N) is 1. The molecule has 0 heterocycles. The number of carbonyl (C=O) groups is 1. The monoisotopic (exact) mass is 286 g/mol. The van der Waals surface area contributed by atoms with Gasteiger partial charge >= 0.3 is 0 Å². The first-order valence-electron chi connectivity index (χ1n) is 5.14. The first-order chi connectivity index (χ1) is 8.34. The van der Waals surface area contributed by atoms with Gasteiger partial charge in [-0.05, 0) is 5.56 Å². The SMILES string of the molecule is CNC(=O)CS(=O)(=O)Cc1ccc(C(N)=S)cc1. The number of hydrogen-bond donors (Lipinski definition) is 2. The topological polar surface area (TPSA) is 89.3 Å². The summed E-state index contributed by atoms with van der Waals surface area (Å²) in [5.41, 5.74) is 6.71. The van der Waals surface area contributed by atoms with Gasteiger partial charge in [-0.1, -0.05) is 36.5 Å². The Balaban J connectivity index is 2.78. The van der Waals surface area contributed by atoms with Crippen LogP contribution >= 0.6 is 12.2 Å². The van der Waals surface area contributed by atoms with Gasteiger partial charge < -0.3 is 11.1 Å². The first-order valence-corrected chi connectivity index (χ1v) is 7.37. The molecule has 0 spiro atoms. The van der Waals surface area contributed by atoms with Crippen molar-refractivity contribution < 1.29 is 13.2 Å². The maximum absolute atomic E-state index is 11.7. The fourth-order valence-electron chi connectivity index (χ4n) is 1.34. The van der Waals surface area contributed by atoms with E-state index in [1.54, 1.807) is 24.3 Å². The van der Waals surface area contributed by atoms with Crippen LogP contribution in [0.3, 0.4) is 0 Å². The van der Waals surface area contributed by atoms with E-state index >= 15 is 0 Å². The molecule has 0 aliphatic carbocycles. The lowest BCUT2D eigenvalue weighted by Gasteiger charge is -2.05. The molecule has 0 atom stereocenters. The van der Waals surface area contributed by atoms with Crippen molar-refractivity contribution in [2.24, 2.45) is 5.73 Å². The molecule has 0 aliphatic heterocycles. The molecule has 1 amide bonds. The molecule has 0 saturated carbocycles. The molecule has 0 bridgehead atoms. The summed E-state index contributed by atoms with van der Waals surface area (Å²) in [6, 6.07) is 6.59. The van der Waals surface area contributed by atoms with E-state index in [1.807, 2.05) is 0 Å². The van der Waals surface area contributed by atoms with Crippen LogP contribution in [-0.4, -0.2) is 32.1 Å². The Bertz CT molecular complexity index is 550. The lowest BCUT2D eigenvalue weighted by molar-refractivity contribution is -0.118. The van der Waals surface area contributed by atoms with E-state index in [0.29, 0.717) is 11.1 Å². The van der Waals surface area contributed by atoms with Crippen LogP contribution in [-0.2, 0) is 20.4 Å². The molecule has 0 aliphatic rings. The van der Waals surface area contributed by atoms with E-state index in [1.165, 1.54) is 7.05 Å². The third-order valence-corrected chi connectivity index (χ3v) is 3.97. The van der Waals surface area contributed by atoms with E-state index in [4.69, 9.17) is 18.0 Å². The Morgan fingerprint density at radius 1 is 1.33 bits per heavy atom. The Hall–Kier alpha value is -1.47. The van der Waals surface area contributed by atoms with Crippen LogP contribution in [0.1, 0.15) is 11.1 Å². The number of hydrogen-bond acceptors (Lipinski definition) is 4. The number of benzene rings is 1. The minimum atomic E-state index is -3.46. The Labute approximate surface area is 111 Å². The number of rotatable bonds is 5. The fraction of sp³-hybridized carbons (Fsp3) is 0.273. The second kappa shape index (κ2) is 5.92. The van der Waals surface area contributed by atoms with Crippen LogP contribution < -0.4 is 11.1 Å². The van der Waals surface area contributed by atoms with E-state index in [2.05, 4.69) is 5.32 Å². The first kappa shape index (κ1) is 14.6. The summed E-state index contributed by atoms with van der Waals surface area (Å²) in [6.07, 6.45) is 0. The predicted molar refractivity (Wildman–Crippen MR) is 73.9 cm³/mol. The molecule has 0 unspecified atom stereocenters. The summed E-state index contributed by atoms with van der Waals surface area (Å²) in [6.45, 7) is 0. The molecule has 0 radical (unpaired) electrons. The molecule has 7 heteroatoms. The third kappa shape index (κ3) is 4.42. The van der Waals surface area contributed by atoms with Crippen LogP contribution in [0.4, 0.5) is 0 Å². The van der Waals surface area contributed by atoms with Gasteiger partial charge in [-0.15, -0.1) is 0 Å². The van der Waals surface area contributed by atoms with Gasteiger partial charge in [-0.2, -0.15) is 0 Å². The predicted octanol–water partition coefficient (Wildman–Crippen LogP) is -0.0184. The summed E-state index contributed by atoms with van der Waals surface area (Å²) in [4.78, 5) is 11.3. The van der Waals surface area contributed by atoms with Crippen molar-refractivity contribution in [3.63, 3.8) is 0 Å². The van der Waals surface area contributed by atoms with Gasteiger partial charge in [0.15, 0.2) is 9.84 Å². The van der Waals surface area contributed by atoms with E-state index in [0.717, 1.165) is 0 Å². The van der Waals surface area contributed by atoms with Crippen LogP contribution in [0.5, 0.6) is 0 Å². The number of nitrogens with one attached hydrogen (secondary N) is 1. The standard InChI is InChI=1S/C11H14N2O3S2/c1-13-10(14)7-18(15,16)6-8-2-4-9(5-3-8)11(12)17/h2-5H,6-7H2,1H3,(H2,12,17)(H,13,14). The van der Waals surface area contributed by atoms with Crippen molar-refractivity contribution in [2.45, 2.75) is 5.75 Å². The van der Waals surface area contributed by atoms with Gasteiger partial charge in [0.25, 0.3) is 0 Å². The minimum absolute atomic E-state index is 0.183. The van der Waals surface area contributed by atoms with Crippen molar-refractivity contribution in [1.29, 1.82) is 0 Å². The average Bonchev–Trinajstić information content (AvgIpc) is 2.28. The summed E-state index contributed by atoms with van der Waals surface area (Å²) < 4.78 is 23.4. The highest BCUT2D eigenvalue weighted by Crippen LogP contribution is 2.09. The van der Waals surface area contributed by atoms with E-state index in [9.17, 15) is 13.2 Å². The lowest BCUT2D eigenvalue weighted by atomic mass is 10.1. The molecule has 0 fully saturated rings. The zero-order valence-electron chi connectivity index (χ0n) is 9.84. The summed E-state index contributed by atoms with van der Waals surface area (Å²) in [5, 5.41) is 2.28. The van der Waals surface area contributed by atoms with Crippen LogP contribution in [0.15, 0.2) is 24.3 Å². The van der Waals surface area contributed by atoms with E-state index in [-0.39, 0.29) is 10.7 Å². The summed E-state index contributed by atoms with van der Waals surface area (Å²) >= 11 is 4.79. The molecule has 1 rings (SSSR count). The fourth-order valence-corrected chi connectivity index (χ4v) is 2.82. The molecular weight excluding hydrogens is 272 g/mol. The van der Waals surface area contributed by atoms with Crippen molar-refractivity contribution in [3.05, 3.63) is 35.4 Å². The van der Waals surface area contributed by atoms with Crippen molar-refractivity contribution >= 4 is 33.0 Å². The van der Waals surface area contributed by atoms with Gasteiger partial charge in [0.05, 0.1) is 5.75 Å². The van der Waals surface area contributed by atoms with Gasteiger partial charge in [0.1, 0.15) is 10.7 Å². The molecule has 98 valence electrons. The van der Waals surface area contributed by atoms with Crippen molar-refractivity contribution in [1.82, 2.24) is 5.32 Å². The highest BCUT2D eigenvalue weighted by Gasteiger charge is 2.16. The number of carbonyl (C=O) groups excluding carboxylic acids is 1. The molecule has 1 aromatic rings. The molecule has 1 aromatic carbocycles. The smallest absolute Gasteiger partial charge is 0.234 e. The normalized spacial score (nSPS) is 10.9. The Morgan fingerprint density at radius 2 is 1.89 bits per heavy atom. The van der Waals surface area contributed by atoms with E-state index < -0.39 is 21.5 Å². The van der Waals surface area contributed by atoms with Gasteiger partial charge in [0.2, 0.25) is 5.91 Å². The third-order valence-electron chi connectivity index (χ3n) is 2.25. The number of sulfone groups is 1. The Kier molecular flexibility index (Phi) is 4.80. The summed E-state index contributed by atoms with van der Waals surface area (Å²) in [5.74, 6) is -1.21. The minimum Gasteiger partial charge on any atom is -0.389 e. The molecule has 5 nitrogen and oxygen atoms in total. The zero-order chi connectivity index (χ0) is 13.8. The van der Waals surface area contributed by atoms with Gasteiger partial charge in [0, 0.05) is 12.6 Å². The van der Waals surface area contributed by atoms with Gasteiger partial charge in [-0.25, -0.2) is 8.42 Å². The molecule has 3 N–H and O–H groups in total. The largest absolute Gasteiger partial charge is 0.389 e. The molecular formula is C11H14N2O3S2. The maximum Gasteiger partial charge on any atom is 0.234 e. The number of thiocarbonyl (C=S) groups is 1. The maximum atomic E-state index is 11.7. The zero-order valence-corrected chi connectivity index (χ0v) is 11.5. The lowest BCUT2D eigenvalue weighted by Crippen LogP contribution is -2.27. The second-order valence-electron chi connectivity index (χ2n) is 3.77. The highest BCUT2D eigenvalue weighted by atomic mass is 32.2. The molecule has 0 aromatic heterocycles. The number of amides is 1. The second-order valence-corrected chi connectivity index (χ2v) is 6.27. The Morgan fingerprint density at radius 3 is 2.33 bits per heavy atom.